The van der Waals surface area contributed by atoms with Gasteiger partial charge in [0, 0.05) is 56.9 Å². The highest BCUT2D eigenvalue weighted by atomic mass is 16.2. The van der Waals surface area contributed by atoms with Crippen molar-refractivity contribution in [2.24, 2.45) is 0 Å². The number of carbonyl (C=O) groups excluding carboxylic acids is 1. The van der Waals surface area contributed by atoms with Crippen LogP contribution in [0.1, 0.15) is 42.5 Å². The Bertz CT molecular complexity index is 845. The van der Waals surface area contributed by atoms with Gasteiger partial charge in [-0.15, -0.1) is 0 Å². The number of nitrogens with zero attached hydrogens (tertiary/aromatic N) is 5. The SMILES string of the molecule is O=C(c1ccnc(NCCC2=CCCCC2)c1)N1CCN(c2ncccn2)CC1. The maximum Gasteiger partial charge on any atom is 0.254 e. The summed E-state index contributed by atoms with van der Waals surface area (Å²) in [6.07, 6.45) is 13.7. The summed E-state index contributed by atoms with van der Waals surface area (Å²) in [5, 5.41) is 3.37. The van der Waals surface area contributed by atoms with Crippen molar-refractivity contribution < 1.29 is 4.79 Å². The topological polar surface area (TPSA) is 74.2 Å². The molecular formula is C22H28N6O. The Labute approximate surface area is 171 Å². The molecule has 29 heavy (non-hydrogen) atoms. The first kappa shape index (κ1) is 19.4. The first-order valence-electron chi connectivity index (χ1n) is 10.5. The van der Waals surface area contributed by atoms with Crippen molar-refractivity contribution in [3.63, 3.8) is 0 Å². The average Bonchev–Trinajstić information content (AvgIpc) is 2.80. The van der Waals surface area contributed by atoms with Gasteiger partial charge < -0.3 is 15.1 Å². The quantitative estimate of drug-likeness (QED) is 0.762. The number of amides is 1. The third-order valence-corrected chi connectivity index (χ3v) is 5.55. The van der Waals surface area contributed by atoms with E-state index in [9.17, 15) is 4.79 Å². The van der Waals surface area contributed by atoms with Gasteiger partial charge in [-0.2, -0.15) is 0 Å². The van der Waals surface area contributed by atoms with Crippen LogP contribution in [0.25, 0.3) is 0 Å². The summed E-state index contributed by atoms with van der Waals surface area (Å²) in [4.78, 5) is 29.9. The maximum absolute atomic E-state index is 12.9. The van der Waals surface area contributed by atoms with Gasteiger partial charge in [0.2, 0.25) is 5.95 Å². The molecule has 7 nitrogen and oxygen atoms in total. The van der Waals surface area contributed by atoms with Crippen LogP contribution in [0.3, 0.4) is 0 Å². The lowest BCUT2D eigenvalue weighted by atomic mass is 9.97. The normalized spacial score (nSPS) is 17.0. The number of hydrogen-bond acceptors (Lipinski definition) is 6. The molecule has 1 amide bonds. The van der Waals surface area contributed by atoms with Crippen molar-refractivity contribution >= 4 is 17.7 Å². The van der Waals surface area contributed by atoms with Crippen molar-refractivity contribution in [1.29, 1.82) is 0 Å². The Morgan fingerprint density at radius 3 is 2.62 bits per heavy atom. The molecule has 0 aromatic carbocycles. The Kier molecular flexibility index (Phi) is 6.34. The number of pyridine rings is 1. The van der Waals surface area contributed by atoms with E-state index in [4.69, 9.17) is 0 Å². The highest BCUT2D eigenvalue weighted by Gasteiger charge is 2.23. The fourth-order valence-corrected chi connectivity index (χ4v) is 3.89. The number of anilines is 2. The van der Waals surface area contributed by atoms with Gasteiger partial charge in [0.1, 0.15) is 5.82 Å². The van der Waals surface area contributed by atoms with E-state index in [1.165, 1.54) is 31.3 Å². The summed E-state index contributed by atoms with van der Waals surface area (Å²) >= 11 is 0. The molecule has 1 aliphatic carbocycles. The lowest BCUT2D eigenvalue weighted by Gasteiger charge is -2.34. The number of nitrogens with one attached hydrogen (secondary N) is 1. The third-order valence-electron chi connectivity index (χ3n) is 5.55. The Morgan fingerprint density at radius 1 is 1.03 bits per heavy atom. The predicted octanol–water partition coefficient (Wildman–Crippen LogP) is 3.14. The van der Waals surface area contributed by atoms with E-state index in [0.717, 1.165) is 37.8 Å². The van der Waals surface area contributed by atoms with Crippen molar-refractivity contribution in [2.75, 3.05) is 42.9 Å². The van der Waals surface area contributed by atoms with Gasteiger partial charge >= 0.3 is 0 Å². The van der Waals surface area contributed by atoms with Crippen molar-refractivity contribution in [3.8, 4) is 0 Å². The van der Waals surface area contributed by atoms with Crippen LogP contribution in [0.2, 0.25) is 0 Å². The summed E-state index contributed by atoms with van der Waals surface area (Å²) in [7, 11) is 0. The zero-order valence-electron chi connectivity index (χ0n) is 16.8. The van der Waals surface area contributed by atoms with E-state index in [1.54, 1.807) is 24.7 Å². The van der Waals surface area contributed by atoms with Crippen LogP contribution in [0.4, 0.5) is 11.8 Å². The molecule has 1 aliphatic heterocycles. The number of rotatable bonds is 6. The second-order valence-corrected chi connectivity index (χ2v) is 7.54. The lowest BCUT2D eigenvalue weighted by Crippen LogP contribution is -2.49. The Hall–Kier alpha value is -2.96. The molecule has 1 saturated heterocycles. The molecule has 1 fully saturated rings. The zero-order chi connectivity index (χ0) is 19.9. The smallest absolute Gasteiger partial charge is 0.254 e. The minimum Gasteiger partial charge on any atom is -0.370 e. The molecule has 2 aromatic rings. The molecule has 4 rings (SSSR count). The number of piperazine rings is 1. The molecule has 1 N–H and O–H groups in total. The van der Waals surface area contributed by atoms with Crippen molar-refractivity contribution in [1.82, 2.24) is 19.9 Å². The van der Waals surface area contributed by atoms with Crippen LogP contribution in [0, 0.1) is 0 Å². The van der Waals surface area contributed by atoms with Gasteiger partial charge in [-0.25, -0.2) is 15.0 Å². The summed E-state index contributed by atoms with van der Waals surface area (Å²) in [6, 6.07) is 5.47. The lowest BCUT2D eigenvalue weighted by molar-refractivity contribution is 0.0746. The average molecular weight is 393 g/mol. The molecule has 0 radical (unpaired) electrons. The standard InChI is InChI=1S/C22H28N6O/c29-21(27-13-15-28(16-14-27)22-25-9-4-10-26-22)19-8-12-24-20(17-19)23-11-7-18-5-2-1-3-6-18/h4-5,8-10,12,17H,1-3,6-7,11,13-16H2,(H,23,24). The van der Waals surface area contributed by atoms with E-state index in [1.807, 2.05) is 17.0 Å². The Balaban J connectivity index is 1.30. The van der Waals surface area contributed by atoms with Crippen LogP contribution >= 0.6 is 0 Å². The molecule has 0 bridgehead atoms. The molecule has 3 heterocycles. The second-order valence-electron chi connectivity index (χ2n) is 7.54. The molecular weight excluding hydrogens is 364 g/mol. The number of hydrogen-bond donors (Lipinski definition) is 1. The predicted molar refractivity (Wildman–Crippen MR) is 114 cm³/mol. The summed E-state index contributed by atoms with van der Waals surface area (Å²) < 4.78 is 0. The molecule has 152 valence electrons. The molecule has 2 aliphatic rings. The summed E-state index contributed by atoms with van der Waals surface area (Å²) in [6.45, 7) is 3.65. The zero-order valence-corrected chi connectivity index (χ0v) is 16.8. The fraction of sp³-hybridized carbons (Fsp3) is 0.455. The second kappa shape index (κ2) is 9.49. The van der Waals surface area contributed by atoms with Crippen molar-refractivity contribution in [3.05, 3.63) is 54.0 Å². The van der Waals surface area contributed by atoms with E-state index in [0.29, 0.717) is 18.7 Å². The van der Waals surface area contributed by atoms with E-state index >= 15 is 0 Å². The van der Waals surface area contributed by atoms with E-state index in [-0.39, 0.29) is 5.91 Å². The Morgan fingerprint density at radius 2 is 1.86 bits per heavy atom. The van der Waals surface area contributed by atoms with Crippen LogP contribution in [0.15, 0.2) is 48.4 Å². The molecule has 0 spiro atoms. The van der Waals surface area contributed by atoms with Crippen LogP contribution in [0.5, 0.6) is 0 Å². The number of aromatic nitrogens is 3. The number of carbonyl (C=O) groups is 1. The van der Waals surface area contributed by atoms with Gasteiger partial charge in [-0.05, 0) is 50.3 Å². The monoisotopic (exact) mass is 392 g/mol. The largest absolute Gasteiger partial charge is 0.370 e. The van der Waals surface area contributed by atoms with Gasteiger partial charge in [0.15, 0.2) is 0 Å². The molecule has 0 atom stereocenters. The van der Waals surface area contributed by atoms with E-state index in [2.05, 4.69) is 31.2 Å². The molecule has 0 unspecified atom stereocenters. The van der Waals surface area contributed by atoms with E-state index < -0.39 is 0 Å². The minimum atomic E-state index is 0.0547. The van der Waals surface area contributed by atoms with Gasteiger partial charge in [-0.3, -0.25) is 4.79 Å². The third kappa shape index (κ3) is 5.10. The highest BCUT2D eigenvalue weighted by Crippen LogP contribution is 2.20. The first-order chi connectivity index (χ1) is 14.3. The van der Waals surface area contributed by atoms with Gasteiger partial charge in [0.05, 0.1) is 0 Å². The number of allylic oxidation sites excluding steroid dienone is 1. The summed E-state index contributed by atoms with van der Waals surface area (Å²) in [5.41, 5.74) is 2.22. The first-order valence-corrected chi connectivity index (χ1v) is 10.5. The maximum atomic E-state index is 12.9. The van der Waals surface area contributed by atoms with Crippen LogP contribution in [-0.4, -0.2) is 58.5 Å². The molecule has 0 saturated carbocycles. The molecule has 7 heteroatoms. The van der Waals surface area contributed by atoms with Crippen molar-refractivity contribution in [2.45, 2.75) is 32.1 Å². The highest BCUT2D eigenvalue weighted by molar-refractivity contribution is 5.95. The van der Waals surface area contributed by atoms with Gasteiger partial charge in [-0.1, -0.05) is 11.6 Å². The van der Waals surface area contributed by atoms with Crippen LogP contribution in [-0.2, 0) is 0 Å². The minimum absolute atomic E-state index is 0.0547. The fourth-order valence-electron chi connectivity index (χ4n) is 3.89. The summed E-state index contributed by atoms with van der Waals surface area (Å²) in [5.74, 6) is 1.55. The molecule has 2 aromatic heterocycles. The van der Waals surface area contributed by atoms with Crippen LogP contribution < -0.4 is 10.2 Å². The van der Waals surface area contributed by atoms with Gasteiger partial charge in [0.25, 0.3) is 5.91 Å².